The quantitative estimate of drug-likeness (QED) is 0.384. The smallest absolute Gasteiger partial charge is 0.211 e. The van der Waals surface area contributed by atoms with Gasteiger partial charge in [-0.25, -0.2) is 18.4 Å². The molecule has 1 aromatic heterocycles. The van der Waals surface area contributed by atoms with Gasteiger partial charge < -0.3 is 5.32 Å². The largest absolute Gasteiger partial charge is 0.365 e. The fraction of sp³-hybridized carbons (Fsp3) is 0.259. The van der Waals surface area contributed by atoms with Crippen LogP contribution in [0.15, 0.2) is 73.1 Å². The molecule has 1 heterocycles. The summed E-state index contributed by atoms with van der Waals surface area (Å²) >= 11 is 0. The first-order valence-electron chi connectivity index (χ1n) is 11.5. The minimum atomic E-state index is -3.24. The molecule has 1 fully saturated rings. The molecule has 1 N–H and O–H groups in total. The van der Waals surface area contributed by atoms with Crippen LogP contribution in [-0.2, 0) is 23.1 Å². The highest BCUT2D eigenvalue weighted by Gasteiger charge is 2.34. The number of aryl methyl sites for hydroxylation is 1. The van der Waals surface area contributed by atoms with Crippen molar-refractivity contribution < 1.29 is 8.42 Å². The van der Waals surface area contributed by atoms with E-state index in [4.69, 9.17) is 0 Å². The van der Waals surface area contributed by atoms with Gasteiger partial charge in [0.25, 0.3) is 0 Å². The molecular weight excluding hydrogens is 444 g/mol. The third-order valence-electron chi connectivity index (χ3n) is 6.16. The van der Waals surface area contributed by atoms with E-state index in [0.29, 0.717) is 13.1 Å². The lowest BCUT2D eigenvalue weighted by atomic mass is 10.0. The van der Waals surface area contributed by atoms with Gasteiger partial charge in [0.05, 0.1) is 11.8 Å². The van der Waals surface area contributed by atoms with Gasteiger partial charge in [0, 0.05) is 24.5 Å². The predicted molar refractivity (Wildman–Crippen MR) is 137 cm³/mol. The molecule has 0 unspecified atom stereocenters. The average Bonchev–Trinajstić information content (AvgIpc) is 3.65. The highest BCUT2D eigenvalue weighted by Crippen LogP contribution is 2.32. The lowest BCUT2D eigenvalue weighted by molar-refractivity contribution is 0.402. The van der Waals surface area contributed by atoms with E-state index in [9.17, 15) is 8.42 Å². The molecule has 1 saturated carbocycles. The molecule has 1 aliphatic carbocycles. The van der Waals surface area contributed by atoms with Crippen LogP contribution in [0.25, 0.3) is 22.0 Å². The Morgan fingerprint density at radius 2 is 1.71 bits per heavy atom. The molecule has 34 heavy (non-hydrogen) atoms. The van der Waals surface area contributed by atoms with Crippen molar-refractivity contribution in [3.63, 3.8) is 0 Å². The van der Waals surface area contributed by atoms with Crippen LogP contribution in [0.2, 0.25) is 0 Å². The molecule has 1 aliphatic rings. The molecule has 6 nitrogen and oxygen atoms in total. The van der Waals surface area contributed by atoms with E-state index in [-0.39, 0.29) is 6.04 Å². The Morgan fingerprint density at radius 1 is 0.941 bits per heavy atom. The van der Waals surface area contributed by atoms with Gasteiger partial charge in [-0.15, -0.1) is 0 Å². The molecule has 0 aliphatic heterocycles. The molecule has 7 heteroatoms. The molecular formula is C27H28N4O2S. The van der Waals surface area contributed by atoms with Crippen molar-refractivity contribution in [2.24, 2.45) is 0 Å². The van der Waals surface area contributed by atoms with Gasteiger partial charge in [0.2, 0.25) is 10.0 Å². The summed E-state index contributed by atoms with van der Waals surface area (Å²) in [4.78, 5) is 8.93. The van der Waals surface area contributed by atoms with Crippen LogP contribution in [0.4, 0.5) is 5.82 Å². The number of nitrogens with one attached hydrogen (secondary N) is 1. The number of nitrogens with zero attached hydrogens (tertiary/aromatic N) is 3. The van der Waals surface area contributed by atoms with Crippen LogP contribution < -0.4 is 5.32 Å². The highest BCUT2D eigenvalue weighted by atomic mass is 32.2. The number of benzene rings is 3. The van der Waals surface area contributed by atoms with Gasteiger partial charge in [0.1, 0.15) is 12.1 Å². The molecule has 0 saturated heterocycles. The van der Waals surface area contributed by atoms with E-state index < -0.39 is 10.0 Å². The summed E-state index contributed by atoms with van der Waals surface area (Å²) in [5.41, 5.74) is 6.36. The molecule has 0 bridgehead atoms. The molecule has 0 amide bonds. The maximum atomic E-state index is 12.2. The molecule has 5 rings (SSSR count). The monoisotopic (exact) mass is 472 g/mol. The van der Waals surface area contributed by atoms with Crippen molar-refractivity contribution in [1.82, 2.24) is 14.3 Å². The topological polar surface area (TPSA) is 75.2 Å². The Kier molecular flexibility index (Phi) is 6.06. The summed E-state index contributed by atoms with van der Waals surface area (Å²) in [5.74, 6) is 0.793. The fourth-order valence-corrected chi connectivity index (χ4v) is 5.43. The minimum absolute atomic E-state index is 0.138. The van der Waals surface area contributed by atoms with Gasteiger partial charge in [-0.1, -0.05) is 54.1 Å². The van der Waals surface area contributed by atoms with E-state index in [2.05, 4.69) is 64.7 Å². The van der Waals surface area contributed by atoms with Crippen molar-refractivity contribution in [2.75, 3.05) is 11.6 Å². The SMILES string of the molecule is Cc1cccc(CNc2ncnc3ccc(-c4cccc(CN(C5CC5)S(C)(=O)=O)c4)cc23)c1. The minimum Gasteiger partial charge on any atom is -0.365 e. The Hall–Kier alpha value is -3.29. The van der Waals surface area contributed by atoms with Crippen LogP contribution in [0.5, 0.6) is 0 Å². The van der Waals surface area contributed by atoms with Crippen LogP contribution >= 0.6 is 0 Å². The first-order chi connectivity index (χ1) is 16.4. The van der Waals surface area contributed by atoms with Crippen LogP contribution in [0.3, 0.4) is 0 Å². The summed E-state index contributed by atoms with van der Waals surface area (Å²) in [6.07, 6.45) is 4.76. The Balaban J connectivity index is 1.43. The highest BCUT2D eigenvalue weighted by molar-refractivity contribution is 7.88. The number of anilines is 1. The third kappa shape index (κ3) is 5.11. The maximum Gasteiger partial charge on any atom is 0.211 e. The number of fused-ring (bicyclic) bond motifs is 1. The normalized spacial score (nSPS) is 14.0. The van der Waals surface area contributed by atoms with Crippen molar-refractivity contribution in [3.8, 4) is 11.1 Å². The van der Waals surface area contributed by atoms with E-state index in [1.807, 2.05) is 24.3 Å². The van der Waals surface area contributed by atoms with Gasteiger partial charge in [-0.2, -0.15) is 4.31 Å². The number of hydrogen-bond acceptors (Lipinski definition) is 5. The van der Waals surface area contributed by atoms with Crippen LogP contribution in [0.1, 0.15) is 29.5 Å². The molecule has 4 aromatic rings. The van der Waals surface area contributed by atoms with E-state index in [0.717, 1.165) is 46.3 Å². The van der Waals surface area contributed by atoms with Crippen LogP contribution in [0, 0.1) is 6.92 Å². The van der Waals surface area contributed by atoms with Gasteiger partial charge >= 0.3 is 0 Å². The fourth-order valence-electron chi connectivity index (χ4n) is 4.29. The van der Waals surface area contributed by atoms with E-state index in [1.165, 1.54) is 17.4 Å². The molecule has 0 atom stereocenters. The lowest BCUT2D eigenvalue weighted by Gasteiger charge is -2.19. The first kappa shape index (κ1) is 22.5. The zero-order valence-electron chi connectivity index (χ0n) is 19.4. The zero-order chi connectivity index (χ0) is 23.7. The molecule has 0 spiro atoms. The molecule has 3 aromatic carbocycles. The van der Waals surface area contributed by atoms with Crippen molar-refractivity contribution >= 4 is 26.7 Å². The first-order valence-corrected chi connectivity index (χ1v) is 13.3. The third-order valence-corrected chi connectivity index (χ3v) is 7.44. The predicted octanol–water partition coefficient (Wildman–Crippen LogP) is 5.14. The van der Waals surface area contributed by atoms with Crippen molar-refractivity contribution in [3.05, 3.63) is 89.7 Å². The molecule has 0 radical (unpaired) electrons. The van der Waals surface area contributed by atoms with Crippen molar-refractivity contribution in [2.45, 2.75) is 38.9 Å². The number of hydrogen-bond donors (Lipinski definition) is 1. The number of aromatic nitrogens is 2. The zero-order valence-corrected chi connectivity index (χ0v) is 20.2. The van der Waals surface area contributed by atoms with Gasteiger partial charge in [-0.3, -0.25) is 0 Å². The van der Waals surface area contributed by atoms with E-state index >= 15 is 0 Å². The Labute approximate surface area is 200 Å². The van der Waals surface area contributed by atoms with Gasteiger partial charge in [0.15, 0.2) is 0 Å². The number of rotatable bonds is 8. The molecule has 174 valence electrons. The summed E-state index contributed by atoms with van der Waals surface area (Å²) in [7, 11) is -3.24. The Bertz CT molecular complexity index is 1450. The number of sulfonamides is 1. The van der Waals surface area contributed by atoms with E-state index in [1.54, 1.807) is 10.6 Å². The summed E-state index contributed by atoms with van der Waals surface area (Å²) in [6.45, 7) is 3.16. The summed E-state index contributed by atoms with van der Waals surface area (Å²) in [6, 6.07) is 22.8. The average molecular weight is 473 g/mol. The summed E-state index contributed by atoms with van der Waals surface area (Å²) in [5, 5.41) is 4.41. The van der Waals surface area contributed by atoms with Crippen LogP contribution in [-0.4, -0.2) is 35.0 Å². The van der Waals surface area contributed by atoms with Gasteiger partial charge in [-0.05, 0) is 60.2 Å². The second-order valence-corrected chi connectivity index (χ2v) is 11.0. The maximum absolute atomic E-state index is 12.2. The second kappa shape index (κ2) is 9.16. The lowest BCUT2D eigenvalue weighted by Crippen LogP contribution is -2.31. The summed E-state index contributed by atoms with van der Waals surface area (Å²) < 4.78 is 26.1. The van der Waals surface area contributed by atoms with Crippen molar-refractivity contribution in [1.29, 1.82) is 0 Å². The second-order valence-electron chi connectivity index (χ2n) is 9.04. The standard InChI is InChI=1S/C27H28N4O2S/c1-19-5-3-6-20(13-19)16-28-27-25-15-23(9-12-26(25)29-18-30-27)22-8-4-7-21(14-22)17-31(24-10-11-24)34(2,32)33/h3-9,12-15,18,24H,10-11,16-17H2,1-2H3,(H,28,29,30). The Morgan fingerprint density at radius 3 is 2.47 bits per heavy atom.